The summed E-state index contributed by atoms with van der Waals surface area (Å²) in [6.07, 6.45) is 0.174. The summed E-state index contributed by atoms with van der Waals surface area (Å²) in [4.78, 5) is 27.1. The molecule has 7 heteroatoms. The van der Waals surface area contributed by atoms with E-state index in [4.69, 9.17) is 4.74 Å². The number of hydrogen-bond donors (Lipinski definition) is 2. The smallest absolute Gasteiger partial charge is 0.325 e. The minimum absolute atomic E-state index is 0.161. The van der Waals surface area contributed by atoms with Crippen molar-refractivity contribution in [3.63, 3.8) is 0 Å². The molecule has 0 spiro atoms. The summed E-state index contributed by atoms with van der Waals surface area (Å²) in [6, 6.07) is -0.302. The third kappa shape index (κ3) is 3.47. The first-order valence-electron chi connectivity index (χ1n) is 7.05. The molecule has 0 radical (unpaired) electrons. The summed E-state index contributed by atoms with van der Waals surface area (Å²) in [5.74, 6) is -0.161. The van der Waals surface area contributed by atoms with Crippen LogP contribution in [-0.4, -0.2) is 79.8 Å². The van der Waals surface area contributed by atoms with Gasteiger partial charge in [0.1, 0.15) is 5.54 Å². The lowest BCUT2D eigenvalue weighted by Crippen LogP contribution is -2.46. The van der Waals surface area contributed by atoms with Gasteiger partial charge in [-0.05, 0) is 20.9 Å². The Morgan fingerprint density at radius 3 is 2.75 bits per heavy atom. The molecule has 2 aliphatic heterocycles. The normalized spacial score (nSPS) is 26.2. The summed E-state index contributed by atoms with van der Waals surface area (Å²) in [6.45, 7) is 7.77. The Kier molecular flexibility index (Phi) is 4.62. The monoisotopic (exact) mass is 284 g/mol. The van der Waals surface area contributed by atoms with Gasteiger partial charge < -0.3 is 20.3 Å². The quantitative estimate of drug-likeness (QED) is 0.649. The molecule has 20 heavy (non-hydrogen) atoms. The van der Waals surface area contributed by atoms with Crippen LogP contribution in [0, 0.1) is 0 Å². The number of nitrogens with zero attached hydrogens (tertiary/aromatic N) is 2. The average Bonchev–Trinajstić information content (AvgIpc) is 2.58. The summed E-state index contributed by atoms with van der Waals surface area (Å²) in [7, 11) is 1.97. The van der Waals surface area contributed by atoms with Gasteiger partial charge in [0.25, 0.3) is 5.91 Å². The van der Waals surface area contributed by atoms with Gasteiger partial charge in [-0.1, -0.05) is 0 Å². The number of likely N-dealkylation sites (N-methyl/N-ethyl adjacent to an activating group) is 1. The fourth-order valence-corrected chi connectivity index (χ4v) is 2.47. The van der Waals surface area contributed by atoms with Crippen molar-refractivity contribution >= 4 is 11.9 Å². The van der Waals surface area contributed by atoms with Crippen molar-refractivity contribution in [1.82, 2.24) is 20.4 Å². The maximum absolute atomic E-state index is 12.0. The number of morpholine rings is 1. The number of hydrogen-bond acceptors (Lipinski definition) is 5. The average molecular weight is 284 g/mol. The van der Waals surface area contributed by atoms with Crippen LogP contribution >= 0.6 is 0 Å². The van der Waals surface area contributed by atoms with Crippen molar-refractivity contribution in [3.8, 4) is 0 Å². The number of urea groups is 1. The Morgan fingerprint density at radius 1 is 1.45 bits per heavy atom. The molecular weight excluding hydrogens is 260 g/mol. The molecule has 1 unspecified atom stereocenters. The Labute approximate surface area is 119 Å². The van der Waals surface area contributed by atoms with E-state index in [1.165, 1.54) is 4.90 Å². The van der Waals surface area contributed by atoms with E-state index in [9.17, 15) is 9.59 Å². The van der Waals surface area contributed by atoms with Crippen molar-refractivity contribution in [2.75, 3.05) is 46.4 Å². The maximum Gasteiger partial charge on any atom is 0.325 e. The van der Waals surface area contributed by atoms with E-state index in [0.29, 0.717) is 13.1 Å². The van der Waals surface area contributed by atoms with E-state index >= 15 is 0 Å². The molecule has 0 saturated carbocycles. The highest BCUT2D eigenvalue weighted by molar-refractivity contribution is 6.06. The second-order valence-electron chi connectivity index (χ2n) is 5.97. The predicted molar refractivity (Wildman–Crippen MR) is 74.4 cm³/mol. The number of nitrogens with one attached hydrogen (secondary N) is 2. The molecule has 0 aromatic rings. The third-order valence-corrected chi connectivity index (χ3v) is 3.67. The van der Waals surface area contributed by atoms with Gasteiger partial charge in [0.05, 0.1) is 12.7 Å². The first-order chi connectivity index (χ1) is 9.40. The zero-order valence-electron chi connectivity index (χ0n) is 12.4. The molecular formula is C13H24N4O3. The third-order valence-electron chi connectivity index (χ3n) is 3.67. The van der Waals surface area contributed by atoms with Crippen molar-refractivity contribution in [3.05, 3.63) is 0 Å². The standard InChI is InChI=1S/C13H24N4O3/c1-13(2)11(18)17(12(19)15-13)6-5-16(3)9-10-8-14-4-7-20-10/h10,14H,4-9H2,1-3H3,(H,15,19). The zero-order valence-corrected chi connectivity index (χ0v) is 12.4. The van der Waals surface area contributed by atoms with Crippen molar-refractivity contribution < 1.29 is 14.3 Å². The first kappa shape index (κ1) is 15.2. The van der Waals surface area contributed by atoms with Gasteiger partial charge in [-0.25, -0.2) is 4.79 Å². The molecule has 0 aliphatic carbocycles. The molecule has 1 atom stereocenters. The maximum atomic E-state index is 12.0. The topological polar surface area (TPSA) is 73.9 Å². The SMILES string of the molecule is CN(CCN1C(=O)NC(C)(C)C1=O)CC1CNCCO1. The number of ether oxygens (including phenoxy) is 1. The molecule has 2 N–H and O–H groups in total. The molecule has 2 rings (SSSR count). The highest BCUT2D eigenvalue weighted by Gasteiger charge is 2.43. The molecule has 0 bridgehead atoms. The van der Waals surface area contributed by atoms with Gasteiger partial charge in [0.2, 0.25) is 0 Å². The fraction of sp³-hybridized carbons (Fsp3) is 0.846. The number of rotatable bonds is 5. The molecule has 2 fully saturated rings. The lowest BCUT2D eigenvalue weighted by molar-refractivity contribution is -0.130. The van der Waals surface area contributed by atoms with Crippen molar-refractivity contribution in [2.24, 2.45) is 0 Å². The van der Waals surface area contributed by atoms with E-state index in [1.807, 2.05) is 7.05 Å². The lowest BCUT2D eigenvalue weighted by Gasteiger charge is -2.28. The van der Waals surface area contributed by atoms with Crippen molar-refractivity contribution in [2.45, 2.75) is 25.5 Å². The van der Waals surface area contributed by atoms with Gasteiger partial charge in [-0.3, -0.25) is 9.69 Å². The van der Waals surface area contributed by atoms with Crippen LogP contribution in [0.2, 0.25) is 0 Å². The second-order valence-corrected chi connectivity index (χ2v) is 5.97. The summed E-state index contributed by atoms with van der Waals surface area (Å²) >= 11 is 0. The molecule has 0 aromatic heterocycles. The molecule has 2 heterocycles. The van der Waals surface area contributed by atoms with Crippen LogP contribution in [-0.2, 0) is 9.53 Å². The highest BCUT2D eigenvalue weighted by atomic mass is 16.5. The first-order valence-corrected chi connectivity index (χ1v) is 7.05. The number of carbonyl (C=O) groups is 2. The Balaban J connectivity index is 1.77. The minimum Gasteiger partial charge on any atom is -0.374 e. The Bertz CT molecular complexity index is 380. The van der Waals surface area contributed by atoms with Crippen LogP contribution in [0.25, 0.3) is 0 Å². The fourth-order valence-electron chi connectivity index (χ4n) is 2.47. The van der Waals surface area contributed by atoms with Gasteiger partial charge in [-0.15, -0.1) is 0 Å². The Hall–Kier alpha value is -1.18. The zero-order chi connectivity index (χ0) is 14.8. The largest absolute Gasteiger partial charge is 0.374 e. The van der Waals surface area contributed by atoms with Gasteiger partial charge in [0.15, 0.2) is 0 Å². The van der Waals surface area contributed by atoms with Crippen LogP contribution in [0.4, 0.5) is 4.79 Å². The van der Waals surface area contributed by atoms with E-state index < -0.39 is 5.54 Å². The van der Waals surface area contributed by atoms with Crippen LogP contribution in [0.1, 0.15) is 13.8 Å². The van der Waals surface area contributed by atoms with Crippen LogP contribution in [0.15, 0.2) is 0 Å². The summed E-state index contributed by atoms with van der Waals surface area (Å²) in [5, 5.41) is 5.96. The predicted octanol–water partition coefficient (Wildman–Crippen LogP) is -0.763. The van der Waals surface area contributed by atoms with Gasteiger partial charge in [-0.2, -0.15) is 0 Å². The van der Waals surface area contributed by atoms with E-state index in [-0.39, 0.29) is 18.0 Å². The lowest BCUT2D eigenvalue weighted by atomic mass is 10.1. The minimum atomic E-state index is -0.786. The molecule has 7 nitrogen and oxygen atoms in total. The second kappa shape index (κ2) is 6.07. The van der Waals surface area contributed by atoms with Crippen LogP contribution < -0.4 is 10.6 Å². The molecule has 0 aromatic carbocycles. The van der Waals surface area contributed by atoms with E-state index in [2.05, 4.69) is 15.5 Å². The summed E-state index contributed by atoms with van der Waals surface area (Å²) in [5.41, 5.74) is -0.786. The van der Waals surface area contributed by atoms with Gasteiger partial charge in [0, 0.05) is 32.7 Å². The van der Waals surface area contributed by atoms with E-state index in [1.54, 1.807) is 13.8 Å². The molecule has 3 amide bonds. The number of imide groups is 1. The number of amides is 3. The molecule has 2 saturated heterocycles. The summed E-state index contributed by atoms with van der Waals surface area (Å²) < 4.78 is 5.63. The molecule has 2 aliphatic rings. The Morgan fingerprint density at radius 2 is 2.20 bits per heavy atom. The van der Waals surface area contributed by atoms with Crippen molar-refractivity contribution in [1.29, 1.82) is 0 Å². The van der Waals surface area contributed by atoms with Crippen LogP contribution in [0.5, 0.6) is 0 Å². The van der Waals surface area contributed by atoms with Crippen LogP contribution in [0.3, 0.4) is 0 Å². The van der Waals surface area contributed by atoms with Gasteiger partial charge >= 0.3 is 6.03 Å². The number of carbonyl (C=O) groups excluding carboxylic acids is 2. The highest BCUT2D eigenvalue weighted by Crippen LogP contribution is 2.16. The molecule has 114 valence electrons. The van der Waals surface area contributed by atoms with E-state index in [0.717, 1.165) is 26.2 Å².